The number of furan rings is 1. The number of fused-ring (bicyclic) bond motifs is 1. The average molecular weight is 296 g/mol. The summed E-state index contributed by atoms with van der Waals surface area (Å²) in [6, 6.07) is 6.57. The quantitative estimate of drug-likeness (QED) is 0.890. The van der Waals surface area contributed by atoms with Gasteiger partial charge in [0.05, 0.1) is 12.6 Å². The van der Waals surface area contributed by atoms with Crippen LogP contribution < -0.4 is 5.32 Å². The van der Waals surface area contributed by atoms with Crippen molar-refractivity contribution in [2.24, 2.45) is 5.92 Å². The van der Waals surface area contributed by atoms with Crippen LogP contribution in [0.15, 0.2) is 28.7 Å². The van der Waals surface area contributed by atoms with E-state index >= 15 is 0 Å². The highest BCUT2D eigenvalue weighted by Crippen LogP contribution is 2.23. The lowest BCUT2D eigenvalue weighted by Crippen LogP contribution is -2.38. The average Bonchev–Trinajstić information content (AvgIpc) is 2.80. The summed E-state index contributed by atoms with van der Waals surface area (Å²) in [7, 11) is 0. The molecule has 1 aromatic heterocycles. The molecule has 2 rings (SSSR count). The van der Waals surface area contributed by atoms with Crippen molar-refractivity contribution in [1.29, 1.82) is 0 Å². The molecule has 1 atom stereocenters. The van der Waals surface area contributed by atoms with Gasteiger partial charge >= 0.3 is 0 Å². The minimum atomic E-state index is -0.322. The minimum absolute atomic E-state index is 0.0873. The van der Waals surface area contributed by atoms with Crippen molar-refractivity contribution in [3.8, 4) is 0 Å². The number of carbonyl (C=O) groups is 1. The van der Waals surface area contributed by atoms with Gasteiger partial charge in [0, 0.05) is 10.4 Å². The number of nitrogens with one attached hydrogen (secondary N) is 1. The topological polar surface area (TPSA) is 62.5 Å². The Hall–Kier alpha value is -1.52. The fourth-order valence-electron chi connectivity index (χ4n) is 2.13. The molecular formula is C15H18ClNO3. The Morgan fingerprint density at radius 2 is 2.15 bits per heavy atom. The van der Waals surface area contributed by atoms with Crippen LogP contribution in [-0.2, 0) is 0 Å². The van der Waals surface area contributed by atoms with Gasteiger partial charge in [-0.3, -0.25) is 4.79 Å². The van der Waals surface area contributed by atoms with E-state index in [4.69, 9.17) is 16.0 Å². The van der Waals surface area contributed by atoms with Gasteiger partial charge in [0.25, 0.3) is 5.91 Å². The minimum Gasteiger partial charge on any atom is -0.451 e. The van der Waals surface area contributed by atoms with Crippen LogP contribution in [0.3, 0.4) is 0 Å². The zero-order valence-electron chi connectivity index (χ0n) is 11.5. The van der Waals surface area contributed by atoms with Gasteiger partial charge in [0.15, 0.2) is 5.76 Å². The van der Waals surface area contributed by atoms with E-state index in [-0.39, 0.29) is 24.3 Å². The number of rotatable bonds is 5. The Bertz CT molecular complexity index is 606. The maximum atomic E-state index is 12.1. The van der Waals surface area contributed by atoms with E-state index in [0.29, 0.717) is 22.9 Å². The normalized spacial score (nSPS) is 12.8. The summed E-state index contributed by atoms with van der Waals surface area (Å²) in [6.45, 7) is 3.99. The van der Waals surface area contributed by atoms with Gasteiger partial charge in [-0.1, -0.05) is 25.4 Å². The second-order valence-electron chi connectivity index (χ2n) is 5.28. The smallest absolute Gasteiger partial charge is 0.287 e. The predicted octanol–water partition coefficient (Wildman–Crippen LogP) is 3.22. The summed E-state index contributed by atoms with van der Waals surface area (Å²) in [4.78, 5) is 12.1. The van der Waals surface area contributed by atoms with Crippen molar-refractivity contribution < 1.29 is 14.3 Å². The molecule has 0 aliphatic carbocycles. The summed E-state index contributed by atoms with van der Waals surface area (Å²) in [5, 5.41) is 13.4. The number of hydrogen-bond donors (Lipinski definition) is 2. The summed E-state index contributed by atoms with van der Waals surface area (Å²) < 4.78 is 5.48. The van der Waals surface area contributed by atoms with Gasteiger partial charge in [-0.2, -0.15) is 0 Å². The Morgan fingerprint density at radius 3 is 2.80 bits per heavy atom. The summed E-state index contributed by atoms with van der Waals surface area (Å²) in [5.74, 6) is 0.295. The molecule has 0 bridgehead atoms. The number of aliphatic hydroxyl groups excluding tert-OH is 1. The third-order valence-corrected chi connectivity index (χ3v) is 3.25. The molecule has 0 saturated carbocycles. The van der Waals surface area contributed by atoms with E-state index in [1.165, 1.54) is 0 Å². The lowest BCUT2D eigenvalue weighted by atomic mass is 10.0. The zero-order chi connectivity index (χ0) is 14.7. The number of benzene rings is 1. The Kier molecular flexibility index (Phi) is 4.68. The largest absolute Gasteiger partial charge is 0.451 e. The van der Waals surface area contributed by atoms with Gasteiger partial charge in [-0.25, -0.2) is 0 Å². The van der Waals surface area contributed by atoms with Crippen molar-refractivity contribution in [3.63, 3.8) is 0 Å². The second kappa shape index (κ2) is 6.29. The fourth-order valence-corrected chi connectivity index (χ4v) is 2.31. The molecule has 4 nitrogen and oxygen atoms in total. The molecule has 0 aliphatic heterocycles. The highest BCUT2D eigenvalue weighted by Gasteiger charge is 2.17. The zero-order valence-corrected chi connectivity index (χ0v) is 12.3. The molecule has 1 amide bonds. The Labute approximate surface area is 122 Å². The van der Waals surface area contributed by atoms with Gasteiger partial charge in [-0.05, 0) is 36.6 Å². The van der Waals surface area contributed by atoms with Crippen molar-refractivity contribution in [2.75, 3.05) is 6.61 Å². The number of aliphatic hydroxyl groups is 1. The highest BCUT2D eigenvalue weighted by molar-refractivity contribution is 6.31. The summed E-state index contributed by atoms with van der Waals surface area (Å²) >= 11 is 5.90. The van der Waals surface area contributed by atoms with Crippen LogP contribution in [0.2, 0.25) is 5.02 Å². The third-order valence-electron chi connectivity index (χ3n) is 3.01. The van der Waals surface area contributed by atoms with E-state index in [9.17, 15) is 9.90 Å². The number of amides is 1. The third kappa shape index (κ3) is 3.52. The highest BCUT2D eigenvalue weighted by atomic mass is 35.5. The first-order chi connectivity index (χ1) is 9.49. The van der Waals surface area contributed by atoms with Crippen molar-refractivity contribution in [3.05, 3.63) is 35.0 Å². The Balaban J connectivity index is 2.14. The first-order valence-electron chi connectivity index (χ1n) is 6.60. The SMILES string of the molecule is CC(C)CC(CO)NC(=O)c1cc2cc(Cl)ccc2o1. The van der Waals surface area contributed by atoms with E-state index in [1.54, 1.807) is 24.3 Å². The maximum Gasteiger partial charge on any atom is 0.287 e. The molecule has 5 heteroatoms. The van der Waals surface area contributed by atoms with Crippen LogP contribution in [0, 0.1) is 5.92 Å². The van der Waals surface area contributed by atoms with Crippen molar-refractivity contribution in [2.45, 2.75) is 26.3 Å². The van der Waals surface area contributed by atoms with Gasteiger partial charge < -0.3 is 14.8 Å². The van der Waals surface area contributed by atoms with Crippen LogP contribution in [0.5, 0.6) is 0 Å². The molecule has 20 heavy (non-hydrogen) atoms. The van der Waals surface area contributed by atoms with Crippen LogP contribution in [0.1, 0.15) is 30.8 Å². The standard InChI is InChI=1S/C15H18ClNO3/c1-9(2)5-12(8-18)17-15(19)14-7-10-6-11(16)3-4-13(10)20-14/h3-4,6-7,9,12,18H,5,8H2,1-2H3,(H,17,19). The first-order valence-corrected chi connectivity index (χ1v) is 6.98. The maximum absolute atomic E-state index is 12.1. The molecule has 0 spiro atoms. The van der Waals surface area contributed by atoms with E-state index < -0.39 is 0 Å². The molecule has 1 heterocycles. The molecular weight excluding hydrogens is 278 g/mol. The second-order valence-corrected chi connectivity index (χ2v) is 5.71. The molecule has 0 aliphatic rings. The van der Waals surface area contributed by atoms with Crippen molar-refractivity contribution in [1.82, 2.24) is 5.32 Å². The van der Waals surface area contributed by atoms with Gasteiger partial charge in [0.1, 0.15) is 5.58 Å². The molecule has 0 radical (unpaired) electrons. The molecule has 2 aromatic rings. The van der Waals surface area contributed by atoms with Crippen LogP contribution in [-0.4, -0.2) is 23.7 Å². The monoisotopic (exact) mass is 295 g/mol. The van der Waals surface area contributed by atoms with E-state index in [2.05, 4.69) is 5.32 Å². The molecule has 108 valence electrons. The van der Waals surface area contributed by atoms with Crippen LogP contribution >= 0.6 is 11.6 Å². The van der Waals surface area contributed by atoms with Gasteiger partial charge in [0.2, 0.25) is 0 Å². The Morgan fingerprint density at radius 1 is 1.40 bits per heavy atom. The van der Waals surface area contributed by atoms with E-state index in [0.717, 1.165) is 5.39 Å². The summed E-state index contributed by atoms with van der Waals surface area (Å²) in [5.41, 5.74) is 0.615. The lowest BCUT2D eigenvalue weighted by molar-refractivity contribution is 0.0882. The lowest BCUT2D eigenvalue weighted by Gasteiger charge is -2.17. The van der Waals surface area contributed by atoms with Crippen LogP contribution in [0.25, 0.3) is 11.0 Å². The molecule has 1 unspecified atom stereocenters. The van der Waals surface area contributed by atoms with E-state index in [1.807, 2.05) is 13.8 Å². The fraction of sp³-hybridized carbons (Fsp3) is 0.400. The van der Waals surface area contributed by atoms with Crippen LogP contribution in [0.4, 0.5) is 0 Å². The number of hydrogen-bond acceptors (Lipinski definition) is 3. The number of carbonyl (C=O) groups excluding carboxylic acids is 1. The molecule has 0 saturated heterocycles. The molecule has 0 fully saturated rings. The molecule has 2 N–H and O–H groups in total. The number of halogens is 1. The first kappa shape index (κ1) is 14.9. The summed E-state index contributed by atoms with van der Waals surface area (Å²) in [6.07, 6.45) is 0.717. The predicted molar refractivity (Wildman–Crippen MR) is 79.0 cm³/mol. The van der Waals surface area contributed by atoms with Gasteiger partial charge in [-0.15, -0.1) is 0 Å². The molecule has 1 aromatic carbocycles. The van der Waals surface area contributed by atoms with Crippen molar-refractivity contribution >= 4 is 28.5 Å².